The zero-order valence-corrected chi connectivity index (χ0v) is 13.2. The molecule has 21 heavy (non-hydrogen) atoms. The number of nitrogens with one attached hydrogen (secondary N) is 1. The molecule has 0 heterocycles. The molecular formula is C16H24N2O3. The number of benzene rings is 1. The Hall–Kier alpha value is -2.04. The van der Waals surface area contributed by atoms with Gasteiger partial charge in [-0.05, 0) is 24.1 Å². The molecule has 0 spiro atoms. The smallest absolute Gasteiger partial charge is 0.251 e. The Morgan fingerprint density at radius 1 is 1.33 bits per heavy atom. The number of amides is 2. The van der Waals surface area contributed by atoms with Crippen LogP contribution in [-0.4, -0.2) is 43.5 Å². The number of ether oxygens (including phenoxy) is 1. The molecule has 0 aliphatic rings. The third-order valence-electron chi connectivity index (χ3n) is 3.03. The average molecular weight is 292 g/mol. The molecule has 1 aromatic carbocycles. The van der Waals surface area contributed by atoms with Gasteiger partial charge in [0.2, 0.25) is 5.91 Å². The summed E-state index contributed by atoms with van der Waals surface area (Å²) < 4.78 is 5.09. The summed E-state index contributed by atoms with van der Waals surface area (Å²) in [6, 6.07) is 6.98. The summed E-state index contributed by atoms with van der Waals surface area (Å²) >= 11 is 0. The topological polar surface area (TPSA) is 58.6 Å². The number of hydrogen-bond donors (Lipinski definition) is 1. The second-order valence-electron chi connectivity index (χ2n) is 5.35. The summed E-state index contributed by atoms with van der Waals surface area (Å²) in [4.78, 5) is 25.3. The van der Waals surface area contributed by atoms with Gasteiger partial charge in [0.25, 0.3) is 5.91 Å². The highest BCUT2D eigenvalue weighted by atomic mass is 16.5. The van der Waals surface area contributed by atoms with Crippen LogP contribution in [0.3, 0.4) is 0 Å². The number of rotatable bonds is 7. The summed E-state index contributed by atoms with van der Waals surface area (Å²) in [6.45, 7) is 7.32. The van der Waals surface area contributed by atoms with E-state index in [0.717, 1.165) is 0 Å². The second kappa shape index (κ2) is 8.29. The minimum Gasteiger partial charge on any atom is -0.497 e. The molecule has 0 radical (unpaired) electrons. The van der Waals surface area contributed by atoms with Gasteiger partial charge in [-0.2, -0.15) is 0 Å². The lowest BCUT2D eigenvalue weighted by atomic mass is 10.2. The first-order valence-corrected chi connectivity index (χ1v) is 7.11. The Balaban J connectivity index is 2.50. The summed E-state index contributed by atoms with van der Waals surface area (Å²) in [6.07, 6.45) is 0. The van der Waals surface area contributed by atoms with Gasteiger partial charge in [0, 0.05) is 32.1 Å². The van der Waals surface area contributed by atoms with E-state index in [1.807, 2.05) is 0 Å². The van der Waals surface area contributed by atoms with Crippen molar-refractivity contribution < 1.29 is 14.3 Å². The molecule has 0 atom stereocenters. The highest BCUT2D eigenvalue weighted by Crippen LogP contribution is 2.12. The molecule has 0 unspecified atom stereocenters. The summed E-state index contributed by atoms with van der Waals surface area (Å²) in [5.41, 5.74) is 0.549. The van der Waals surface area contributed by atoms with E-state index in [1.165, 1.54) is 0 Å². The number of hydrogen-bond acceptors (Lipinski definition) is 3. The normalized spacial score (nSPS) is 10.3. The molecule has 0 bridgehead atoms. The highest BCUT2D eigenvalue weighted by molar-refractivity contribution is 5.94. The van der Waals surface area contributed by atoms with E-state index in [2.05, 4.69) is 19.2 Å². The molecule has 1 rings (SSSR count). The molecule has 1 aromatic rings. The average Bonchev–Trinajstić information content (AvgIpc) is 2.45. The number of carbonyl (C=O) groups excluding carboxylic acids is 2. The van der Waals surface area contributed by atoms with Crippen LogP contribution in [0.4, 0.5) is 0 Å². The third kappa shape index (κ3) is 5.85. The van der Waals surface area contributed by atoms with E-state index < -0.39 is 0 Å². The first kappa shape index (κ1) is 17.0. The number of methoxy groups -OCH3 is 1. The van der Waals surface area contributed by atoms with Crippen molar-refractivity contribution in [2.24, 2.45) is 5.92 Å². The zero-order chi connectivity index (χ0) is 15.8. The third-order valence-corrected chi connectivity index (χ3v) is 3.03. The quantitative estimate of drug-likeness (QED) is 0.835. The molecular weight excluding hydrogens is 268 g/mol. The fourth-order valence-electron chi connectivity index (χ4n) is 1.99. The van der Waals surface area contributed by atoms with Gasteiger partial charge in [0.05, 0.1) is 7.11 Å². The Kier molecular flexibility index (Phi) is 6.72. The lowest BCUT2D eigenvalue weighted by Gasteiger charge is -2.23. The minimum absolute atomic E-state index is 0.0272. The lowest BCUT2D eigenvalue weighted by molar-refractivity contribution is -0.129. The van der Waals surface area contributed by atoms with Crippen molar-refractivity contribution in [2.45, 2.75) is 20.8 Å². The van der Waals surface area contributed by atoms with Crippen molar-refractivity contribution >= 4 is 11.8 Å². The van der Waals surface area contributed by atoms with E-state index in [4.69, 9.17) is 4.74 Å². The first-order valence-electron chi connectivity index (χ1n) is 7.11. The monoisotopic (exact) mass is 292 g/mol. The van der Waals surface area contributed by atoms with Crippen molar-refractivity contribution in [2.75, 3.05) is 26.7 Å². The zero-order valence-electron chi connectivity index (χ0n) is 13.2. The molecule has 2 amide bonds. The largest absolute Gasteiger partial charge is 0.497 e. The van der Waals surface area contributed by atoms with Crippen LogP contribution in [0.1, 0.15) is 31.1 Å². The van der Waals surface area contributed by atoms with Gasteiger partial charge in [-0.1, -0.05) is 19.9 Å². The molecule has 1 N–H and O–H groups in total. The SMILES string of the molecule is COc1cccc(C(=O)NCCN(CC(C)C)C(C)=O)c1. The summed E-state index contributed by atoms with van der Waals surface area (Å²) in [5, 5.41) is 2.82. The maximum atomic E-state index is 12.0. The predicted molar refractivity (Wildman–Crippen MR) is 82.4 cm³/mol. The standard InChI is InChI=1S/C16H24N2O3/c1-12(2)11-18(13(3)19)9-8-17-16(20)14-6-5-7-15(10-14)21-4/h5-7,10,12H,8-9,11H2,1-4H3,(H,17,20). The molecule has 5 heteroatoms. The van der Waals surface area contributed by atoms with Crippen LogP contribution in [0.5, 0.6) is 5.75 Å². The van der Waals surface area contributed by atoms with Gasteiger partial charge in [0.1, 0.15) is 5.75 Å². The predicted octanol–water partition coefficient (Wildman–Crippen LogP) is 1.93. The van der Waals surface area contributed by atoms with E-state index in [-0.39, 0.29) is 11.8 Å². The van der Waals surface area contributed by atoms with Gasteiger partial charge < -0.3 is 15.0 Å². The van der Waals surface area contributed by atoms with Gasteiger partial charge >= 0.3 is 0 Å². The van der Waals surface area contributed by atoms with Crippen LogP contribution in [0.15, 0.2) is 24.3 Å². The molecule has 5 nitrogen and oxygen atoms in total. The van der Waals surface area contributed by atoms with E-state index >= 15 is 0 Å². The van der Waals surface area contributed by atoms with Crippen molar-refractivity contribution in [3.8, 4) is 5.75 Å². The van der Waals surface area contributed by atoms with Gasteiger partial charge in [-0.3, -0.25) is 9.59 Å². The number of nitrogens with zero attached hydrogens (tertiary/aromatic N) is 1. The summed E-state index contributed by atoms with van der Waals surface area (Å²) in [7, 11) is 1.56. The van der Waals surface area contributed by atoms with Crippen LogP contribution >= 0.6 is 0 Å². The molecule has 0 saturated carbocycles. The Morgan fingerprint density at radius 3 is 2.62 bits per heavy atom. The maximum absolute atomic E-state index is 12.0. The van der Waals surface area contributed by atoms with Crippen LogP contribution in [0.2, 0.25) is 0 Å². The van der Waals surface area contributed by atoms with Crippen molar-refractivity contribution in [3.05, 3.63) is 29.8 Å². The first-order chi connectivity index (χ1) is 9.93. The van der Waals surface area contributed by atoms with Crippen molar-refractivity contribution in [1.82, 2.24) is 10.2 Å². The van der Waals surface area contributed by atoms with Crippen LogP contribution in [-0.2, 0) is 4.79 Å². The maximum Gasteiger partial charge on any atom is 0.251 e. The molecule has 0 aliphatic heterocycles. The van der Waals surface area contributed by atoms with Crippen LogP contribution in [0, 0.1) is 5.92 Å². The Morgan fingerprint density at radius 2 is 2.05 bits per heavy atom. The van der Waals surface area contributed by atoms with E-state index in [0.29, 0.717) is 36.9 Å². The summed E-state index contributed by atoms with van der Waals surface area (Å²) in [5.74, 6) is 0.914. The molecule has 0 aromatic heterocycles. The van der Waals surface area contributed by atoms with Crippen molar-refractivity contribution in [3.63, 3.8) is 0 Å². The second-order valence-corrected chi connectivity index (χ2v) is 5.35. The van der Waals surface area contributed by atoms with Crippen LogP contribution in [0.25, 0.3) is 0 Å². The Bertz CT molecular complexity index is 486. The lowest BCUT2D eigenvalue weighted by Crippen LogP contribution is -2.39. The fourth-order valence-corrected chi connectivity index (χ4v) is 1.99. The van der Waals surface area contributed by atoms with Crippen LogP contribution < -0.4 is 10.1 Å². The van der Waals surface area contributed by atoms with Gasteiger partial charge in [0.15, 0.2) is 0 Å². The van der Waals surface area contributed by atoms with Crippen molar-refractivity contribution in [1.29, 1.82) is 0 Å². The van der Waals surface area contributed by atoms with E-state index in [9.17, 15) is 9.59 Å². The molecule has 0 fully saturated rings. The minimum atomic E-state index is -0.165. The molecule has 0 aliphatic carbocycles. The molecule has 0 saturated heterocycles. The van der Waals surface area contributed by atoms with Gasteiger partial charge in [-0.15, -0.1) is 0 Å². The Labute approximate surface area is 126 Å². The van der Waals surface area contributed by atoms with E-state index in [1.54, 1.807) is 43.2 Å². The molecule has 116 valence electrons. The highest BCUT2D eigenvalue weighted by Gasteiger charge is 2.11. The fraction of sp³-hybridized carbons (Fsp3) is 0.500. The number of carbonyl (C=O) groups is 2. The van der Waals surface area contributed by atoms with Gasteiger partial charge in [-0.25, -0.2) is 0 Å².